The van der Waals surface area contributed by atoms with E-state index in [4.69, 9.17) is 5.11 Å². The number of aromatic nitrogens is 1. The van der Waals surface area contributed by atoms with Gasteiger partial charge in [0.05, 0.1) is 17.8 Å². The molecule has 0 spiro atoms. The number of hydrogen-bond donors (Lipinski definition) is 2. The number of carbonyl (C=O) groups excluding carboxylic acids is 1. The maximum Gasteiger partial charge on any atom is 0.335 e. The lowest BCUT2D eigenvalue weighted by molar-refractivity contribution is 0.0696. The topological polar surface area (TPSA) is 82.5 Å². The Kier molecular flexibility index (Phi) is 3.92. The highest BCUT2D eigenvalue weighted by molar-refractivity contribution is 5.87. The molecule has 1 fully saturated rings. The molecule has 1 aliphatic rings. The van der Waals surface area contributed by atoms with Crippen molar-refractivity contribution in [2.75, 3.05) is 13.1 Å². The Labute approximate surface area is 117 Å². The van der Waals surface area contributed by atoms with E-state index in [0.29, 0.717) is 5.69 Å². The van der Waals surface area contributed by atoms with Crippen LogP contribution < -0.4 is 5.32 Å². The quantitative estimate of drug-likeness (QED) is 0.881. The molecule has 2 N–H and O–H groups in total. The number of amides is 2. The van der Waals surface area contributed by atoms with Crippen LogP contribution in [-0.2, 0) is 6.54 Å². The zero-order valence-electron chi connectivity index (χ0n) is 11.7. The molecule has 0 aromatic carbocycles. The maximum atomic E-state index is 12.0. The van der Waals surface area contributed by atoms with Crippen molar-refractivity contribution in [3.8, 4) is 0 Å². The van der Waals surface area contributed by atoms with E-state index < -0.39 is 5.97 Å². The monoisotopic (exact) mass is 277 g/mol. The zero-order chi connectivity index (χ0) is 14.8. The van der Waals surface area contributed by atoms with E-state index in [2.05, 4.69) is 24.1 Å². The van der Waals surface area contributed by atoms with Crippen LogP contribution in [-0.4, -0.2) is 40.1 Å². The fraction of sp³-hybridized carbons (Fsp3) is 0.500. The lowest BCUT2D eigenvalue weighted by Gasteiger charge is -2.20. The van der Waals surface area contributed by atoms with Crippen LogP contribution in [0.1, 0.15) is 36.3 Å². The predicted octanol–water partition coefficient (Wildman–Crippen LogP) is 1.72. The van der Waals surface area contributed by atoms with Crippen LogP contribution in [0.4, 0.5) is 4.79 Å². The molecule has 0 atom stereocenters. The Balaban J connectivity index is 1.91. The first-order chi connectivity index (χ1) is 9.37. The van der Waals surface area contributed by atoms with Crippen molar-refractivity contribution < 1.29 is 14.7 Å². The van der Waals surface area contributed by atoms with Crippen LogP contribution in [0.2, 0.25) is 0 Å². The van der Waals surface area contributed by atoms with Gasteiger partial charge in [-0.15, -0.1) is 0 Å². The van der Waals surface area contributed by atoms with Crippen molar-refractivity contribution in [2.45, 2.75) is 26.8 Å². The van der Waals surface area contributed by atoms with Gasteiger partial charge in [0, 0.05) is 19.3 Å². The molecule has 1 aromatic rings. The van der Waals surface area contributed by atoms with Crippen molar-refractivity contribution in [1.82, 2.24) is 15.2 Å². The highest BCUT2D eigenvalue weighted by Gasteiger charge is 2.31. The van der Waals surface area contributed by atoms with Gasteiger partial charge in [0.15, 0.2) is 0 Å². The molecule has 1 aromatic heterocycles. The number of nitrogens with zero attached hydrogens (tertiary/aromatic N) is 2. The minimum atomic E-state index is -0.999. The maximum absolute atomic E-state index is 12.0. The molecule has 6 nitrogen and oxygen atoms in total. The third-order valence-corrected chi connectivity index (χ3v) is 3.45. The molecule has 6 heteroatoms. The number of carboxylic acids is 1. The summed E-state index contributed by atoms with van der Waals surface area (Å²) in [6.45, 7) is 6.00. The largest absolute Gasteiger partial charge is 0.478 e. The minimum absolute atomic E-state index is 0.127. The second-order valence-corrected chi connectivity index (χ2v) is 5.84. The number of rotatable bonds is 3. The predicted molar refractivity (Wildman–Crippen MR) is 73.4 cm³/mol. The smallest absolute Gasteiger partial charge is 0.335 e. The van der Waals surface area contributed by atoms with E-state index >= 15 is 0 Å². The van der Waals surface area contributed by atoms with E-state index in [1.165, 1.54) is 18.3 Å². The standard InChI is InChI=1S/C14H19N3O3/c1-14(2)4-6-17(9-14)13(20)16-8-11-7-10(12(18)19)3-5-15-11/h3,5,7H,4,6,8-9H2,1-2H3,(H,16,20)(H,18,19). The molecule has 2 heterocycles. The molecule has 20 heavy (non-hydrogen) atoms. The van der Waals surface area contributed by atoms with Crippen LogP contribution >= 0.6 is 0 Å². The number of carbonyl (C=O) groups is 2. The van der Waals surface area contributed by atoms with Gasteiger partial charge in [0.1, 0.15) is 0 Å². The van der Waals surface area contributed by atoms with Crippen molar-refractivity contribution in [3.63, 3.8) is 0 Å². The number of pyridine rings is 1. The number of aromatic carboxylic acids is 1. The first-order valence-corrected chi connectivity index (χ1v) is 6.58. The van der Waals surface area contributed by atoms with Crippen LogP contribution in [0.15, 0.2) is 18.3 Å². The molecule has 2 rings (SSSR count). The van der Waals surface area contributed by atoms with E-state index in [0.717, 1.165) is 19.5 Å². The molecular weight excluding hydrogens is 258 g/mol. The summed E-state index contributed by atoms with van der Waals surface area (Å²) in [6.07, 6.45) is 2.43. The van der Waals surface area contributed by atoms with Crippen LogP contribution in [0.3, 0.4) is 0 Å². The Morgan fingerprint density at radius 3 is 2.85 bits per heavy atom. The Morgan fingerprint density at radius 1 is 1.50 bits per heavy atom. The third kappa shape index (κ3) is 3.46. The molecule has 0 radical (unpaired) electrons. The van der Waals surface area contributed by atoms with Gasteiger partial charge in [0.2, 0.25) is 0 Å². The number of hydrogen-bond acceptors (Lipinski definition) is 3. The number of urea groups is 1. The highest BCUT2D eigenvalue weighted by atomic mass is 16.4. The average molecular weight is 277 g/mol. The lowest BCUT2D eigenvalue weighted by Crippen LogP contribution is -2.39. The molecule has 0 unspecified atom stereocenters. The molecular formula is C14H19N3O3. The molecule has 2 amide bonds. The molecule has 1 saturated heterocycles. The summed E-state index contributed by atoms with van der Waals surface area (Å²) in [5, 5.41) is 11.7. The number of carboxylic acid groups (broad SMARTS) is 1. The summed E-state index contributed by atoms with van der Waals surface area (Å²) in [7, 11) is 0. The van der Waals surface area contributed by atoms with Crippen LogP contribution in [0, 0.1) is 5.41 Å². The van der Waals surface area contributed by atoms with Gasteiger partial charge in [0.25, 0.3) is 0 Å². The van der Waals surface area contributed by atoms with E-state index in [9.17, 15) is 9.59 Å². The summed E-state index contributed by atoms with van der Waals surface area (Å²) in [4.78, 5) is 28.7. The molecule has 0 bridgehead atoms. The Hall–Kier alpha value is -2.11. The number of likely N-dealkylation sites (tertiary alicyclic amines) is 1. The summed E-state index contributed by atoms with van der Waals surface area (Å²) < 4.78 is 0. The normalized spacial score (nSPS) is 17.0. The minimum Gasteiger partial charge on any atom is -0.478 e. The van der Waals surface area contributed by atoms with Gasteiger partial charge in [-0.3, -0.25) is 4.98 Å². The van der Waals surface area contributed by atoms with Crippen molar-refractivity contribution in [1.29, 1.82) is 0 Å². The first-order valence-electron chi connectivity index (χ1n) is 6.58. The summed E-state index contributed by atoms with van der Waals surface area (Å²) >= 11 is 0. The van der Waals surface area contributed by atoms with Gasteiger partial charge in [-0.25, -0.2) is 9.59 Å². The molecule has 0 aliphatic carbocycles. The van der Waals surface area contributed by atoms with Gasteiger partial charge in [-0.2, -0.15) is 0 Å². The van der Waals surface area contributed by atoms with Gasteiger partial charge < -0.3 is 15.3 Å². The molecule has 108 valence electrons. The summed E-state index contributed by atoms with van der Waals surface area (Å²) in [5.74, 6) is -0.999. The van der Waals surface area contributed by atoms with Crippen LogP contribution in [0.5, 0.6) is 0 Å². The van der Waals surface area contributed by atoms with Crippen molar-refractivity contribution in [2.24, 2.45) is 5.41 Å². The average Bonchev–Trinajstić information content (AvgIpc) is 2.77. The van der Waals surface area contributed by atoms with E-state index in [1.807, 2.05) is 0 Å². The van der Waals surface area contributed by atoms with Gasteiger partial charge in [-0.05, 0) is 24.0 Å². The highest BCUT2D eigenvalue weighted by Crippen LogP contribution is 2.28. The van der Waals surface area contributed by atoms with Crippen LogP contribution in [0.25, 0.3) is 0 Å². The first kappa shape index (κ1) is 14.3. The number of nitrogens with one attached hydrogen (secondary N) is 1. The van der Waals surface area contributed by atoms with Crippen molar-refractivity contribution in [3.05, 3.63) is 29.6 Å². The summed E-state index contributed by atoms with van der Waals surface area (Å²) in [6, 6.07) is 2.77. The van der Waals surface area contributed by atoms with E-state index in [1.54, 1.807) is 4.90 Å². The fourth-order valence-corrected chi connectivity index (χ4v) is 2.27. The second kappa shape index (κ2) is 5.48. The van der Waals surface area contributed by atoms with Gasteiger partial charge in [-0.1, -0.05) is 13.8 Å². The Morgan fingerprint density at radius 2 is 2.25 bits per heavy atom. The SMILES string of the molecule is CC1(C)CCN(C(=O)NCc2cc(C(=O)O)ccn2)C1. The molecule has 0 saturated carbocycles. The van der Waals surface area contributed by atoms with E-state index in [-0.39, 0.29) is 23.6 Å². The third-order valence-electron chi connectivity index (χ3n) is 3.45. The Bertz CT molecular complexity index is 528. The van der Waals surface area contributed by atoms with Gasteiger partial charge >= 0.3 is 12.0 Å². The van der Waals surface area contributed by atoms with Crippen molar-refractivity contribution >= 4 is 12.0 Å². The molecule has 1 aliphatic heterocycles. The summed E-state index contributed by atoms with van der Waals surface area (Å²) in [5.41, 5.74) is 0.877. The lowest BCUT2D eigenvalue weighted by atomic mass is 9.93. The fourth-order valence-electron chi connectivity index (χ4n) is 2.27. The zero-order valence-corrected chi connectivity index (χ0v) is 11.7. The second-order valence-electron chi connectivity index (χ2n) is 5.84.